The molecule has 7 nitrogen and oxygen atoms in total. The van der Waals surface area contributed by atoms with E-state index in [1.807, 2.05) is 0 Å². The number of aliphatic hydroxyl groups is 3. The zero-order valence-electron chi connectivity index (χ0n) is 50.2. The first-order valence-electron chi connectivity index (χ1n) is 33.3. The van der Waals surface area contributed by atoms with Gasteiger partial charge in [-0.15, -0.1) is 0 Å². The van der Waals surface area contributed by atoms with Crippen molar-refractivity contribution >= 4 is 11.9 Å². The first kappa shape index (κ1) is 73.0. The van der Waals surface area contributed by atoms with E-state index in [2.05, 4.69) is 43.5 Å². The number of hydrogen-bond acceptors (Lipinski definition) is 6. The summed E-state index contributed by atoms with van der Waals surface area (Å²) in [6.07, 6.45) is 76.4. The van der Waals surface area contributed by atoms with Gasteiger partial charge in [0.2, 0.25) is 5.91 Å². The Bertz CT molecular complexity index is 1230. The molecule has 7 heteroatoms. The van der Waals surface area contributed by atoms with Gasteiger partial charge in [0.05, 0.1) is 31.5 Å². The number of nitrogens with one attached hydrogen (secondary N) is 1. The molecular formula is C68H129NO6. The third-order valence-electron chi connectivity index (χ3n) is 15.5. The molecule has 0 aliphatic carbocycles. The van der Waals surface area contributed by atoms with Crippen LogP contribution in [0, 0.1) is 0 Å². The van der Waals surface area contributed by atoms with Crippen molar-refractivity contribution in [1.82, 2.24) is 5.32 Å². The van der Waals surface area contributed by atoms with Crippen LogP contribution in [0.5, 0.6) is 0 Å². The van der Waals surface area contributed by atoms with Crippen molar-refractivity contribution in [2.75, 3.05) is 13.2 Å². The number of carbonyl (C=O) groups excluding carboxylic acids is 2. The Labute approximate surface area is 466 Å². The highest BCUT2D eigenvalue weighted by molar-refractivity contribution is 5.76. The molecule has 0 bridgehead atoms. The number of carbonyl (C=O) groups is 2. The van der Waals surface area contributed by atoms with Gasteiger partial charge in [0, 0.05) is 12.8 Å². The molecule has 0 aromatic rings. The lowest BCUT2D eigenvalue weighted by Gasteiger charge is -2.20. The molecule has 0 fully saturated rings. The van der Waals surface area contributed by atoms with Crippen LogP contribution >= 0.6 is 0 Å². The van der Waals surface area contributed by atoms with Gasteiger partial charge in [-0.2, -0.15) is 0 Å². The Morgan fingerprint density at radius 1 is 0.400 bits per heavy atom. The predicted molar refractivity (Wildman–Crippen MR) is 325 cm³/mol. The third-order valence-corrected chi connectivity index (χ3v) is 15.5. The summed E-state index contributed by atoms with van der Waals surface area (Å²) in [6, 6.07) is -0.749. The monoisotopic (exact) mass is 1060 g/mol. The van der Waals surface area contributed by atoms with Crippen molar-refractivity contribution in [3.05, 3.63) is 36.5 Å². The summed E-state index contributed by atoms with van der Waals surface area (Å²) in [7, 11) is 0. The summed E-state index contributed by atoms with van der Waals surface area (Å²) in [5.41, 5.74) is 0. The van der Waals surface area contributed by atoms with Crippen LogP contribution in [0.25, 0.3) is 0 Å². The lowest BCUT2D eigenvalue weighted by Crippen LogP contribution is -2.45. The molecular weight excluding hydrogens is 927 g/mol. The Hall–Kier alpha value is -1.96. The van der Waals surface area contributed by atoms with E-state index in [-0.39, 0.29) is 18.5 Å². The molecule has 0 radical (unpaired) electrons. The number of amides is 1. The second-order valence-corrected chi connectivity index (χ2v) is 23.0. The highest BCUT2D eigenvalue weighted by Gasteiger charge is 2.18. The van der Waals surface area contributed by atoms with Gasteiger partial charge in [0.1, 0.15) is 0 Å². The molecule has 75 heavy (non-hydrogen) atoms. The van der Waals surface area contributed by atoms with Crippen LogP contribution in [0.2, 0.25) is 0 Å². The van der Waals surface area contributed by atoms with Crippen molar-refractivity contribution in [2.45, 2.75) is 372 Å². The Morgan fingerprint density at radius 2 is 0.733 bits per heavy atom. The number of unbranched alkanes of at least 4 members (excludes halogenated alkanes) is 45. The number of ether oxygens (including phenoxy) is 1. The molecule has 442 valence electrons. The van der Waals surface area contributed by atoms with E-state index in [0.717, 1.165) is 57.8 Å². The summed E-state index contributed by atoms with van der Waals surface area (Å²) in [5.74, 6) is -0.128. The van der Waals surface area contributed by atoms with Crippen molar-refractivity contribution in [3.63, 3.8) is 0 Å². The molecule has 0 saturated carbocycles. The highest BCUT2D eigenvalue weighted by Crippen LogP contribution is 2.18. The van der Waals surface area contributed by atoms with Crippen LogP contribution in [0.15, 0.2) is 36.5 Å². The molecule has 3 atom stereocenters. The van der Waals surface area contributed by atoms with E-state index in [4.69, 9.17) is 4.74 Å². The molecule has 0 rings (SSSR count). The average Bonchev–Trinajstić information content (AvgIpc) is 3.41. The first-order chi connectivity index (χ1) is 36.9. The maximum Gasteiger partial charge on any atom is 0.305 e. The van der Waals surface area contributed by atoms with Crippen LogP contribution in [0.1, 0.15) is 354 Å². The van der Waals surface area contributed by atoms with Gasteiger partial charge in [-0.25, -0.2) is 0 Å². The van der Waals surface area contributed by atoms with Crippen molar-refractivity contribution < 1.29 is 29.6 Å². The van der Waals surface area contributed by atoms with Crippen LogP contribution < -0.4 is 5.32 Å². The van der Waals surface area contributed by atoms with E-state index >= 15 is 0 Å². The Morgan fingerprint density at radius 3 is 1.15 bits per heavy atom. The molecule has 1 amide bonds. The minimum atomic E-state index is -1.02. The predicted octanol–water partition coefficient (Wildman–Crippen LogP) is 20.1. The quantitative estimate of drug-likeness (QED) is 0.0274. The number of aliphatic hydroxyl groups excluding tert-OH is 3. The third kappa shape index (κ3) is 59.5. The van der Waals surface area contributed by atoms with Crippen molar-refractivity contribution in [3.8, 4) is 0 Å². The van der Waals surface area contributed by atoms with Gasteiger partial charge in [0.15, 0.2) is 0 Å². The highest BCUT2D eigenvalue weighted by atomic mass is 16.5. The molecule has 0 aromatic carbocycles. The molecule has 0 aromatic heterocycles. The molecule has 0 aliphatic heterocycles. The van der Waals surface area contributed by atoms with Gasteiger partial charge in [-0.1, -0.05) is 320 Å². The maximum atomic E-state index is 12.5. The fourth-order valence-corrected chi connectivity index (χ4v) is 10.3. The topological polar surface area (TPSA) is 116 Å². The van der Waals surface area contributed by atoms with Crippen LogP contribution in [0.4, 0.5) is 0 Å². The van der Waals surface area contributed by atoms with E-state index in [1.165, 1.54) is 269 Å². The zero-order chi connectivity index (χ0) is 54.4. The van der Waals surface area contributed by atoms with Crippen LogP contribution in [-0.4, -0.2) is 58.7 Å². The van der Waals surface area contributed by atoms with Gasteiger partial charge in [0.25, 0.3) is 0 Å². The summed E-state index contributed by atoms with van der Waals surface area (Å²) in [4.78, 5) is 24.6. The van der Waals surface area contributed by atoms with Gasteiger partial charge >= 0.3 is 5.97 Å². The lowest BCUT2D eigenvalue weighted by atomic mass is 10.0. The molecule has 0 saturated heterocycles. The van der Waals surface area contributed by atoms with E-state index in [0.29, 0.717) is 25.9 Å². The second-order valence-electron chi connectivity index (χ2n) is 23.0. The van der Waals surface area contributed by atoms with E-state index in [9.17, 15) is 24.9 Å². The molecule has 0 spiro atoms. The average molecular weight is 1060 g/mol. The second kappa shape index (κ2) is 62.9. The SMILES string of the molecule is CCCCC/C=C\C/C=C\CCCCCCCC(=O)OCCCCCCCCCCCCCCCCCCCCCCCCCCCCC(=O)N[C@@H](CO)[C@H](O)/C=C/[C@H](O)CCCCCCCCCCCCCCC. The number of hydrogen-bond donors (Lipinski definition) is 4. The molecule has 0 unspecified atom stereocenters. The standard InChI is InChI=1S/C68H129NO6/c1-3-5-7-9-11-13-15-17-30-35-39-43-47-51-55-59-68(74)75-62-56-52-48-44-40-36-32-29-27-25-23-21-19-18-20-22-24-26-28-31-34-38-42-46-50-54-58-67(73)69-65(63-70)66(72)61-60-64(71)57-53-49-45-41-37-33-16-14-12-10-8-6-4-2/h11,13,17,30,60-61,64-66,70-72H,3-10,12,14-16,18-29,31-59,62-63H2,1-2H3,(H,69,73)/b13-11-,30-17-,61-60+/t64-,65+,66-/m1/s1. The lowest BCUT2D eigenvalue weighted by molar-refractivity contribution is -0.143. The van der Waals surface area contributed by atoms with E-state index in [1.54, 1.807) is 6.08 Å². The summed E-state index contributed by atoms with van der Waals surface area (Å²) in [5, 5.41) is 33.5. The van der Waals surface area contributed by atoms with Gasteiger partial charge in [-0.3, -0.25) is 9.59 Å². The van der Waals surface area contributed by atoms with Gasteiger partial charge in [-0.05, 0) is 57.8 Å². The maximum absolute atomic E-state index is 12.5. The number of allylic oxidation sites excluding steroid dienone is 4. The minimum Gasteiger partial charge on any atom is -0.466 e. The normalized spacial score (nSPS) is 13.2. The van der Waals surface area contributed by atoms with Gasteiger partial charge < -0.3 is 25.4 Å². The Balaban J connectivity index is 3.42. The fraction of sp³-hybridized carbons (Fsp3) is 0.882. The summed E-state index contributed by atoms with van der Waals surface area (Å²) >= 11 is 0. The zero-order valence-corrected chi connectivity index (χ0v) is 50.2. The summed E-state index contributed by atoms with van der Waals surface area (Å²) < 4.78 is 5.48. The first-order valence-corrected chi connectivity index (χ1v) is 33.3. The van der Waals surface area contributed by atoms with Crippen LogP contribution in [-0.2, 0) is 14.3 Å². The molecule has 4 N–H and O–H groups in total. The van der Waals surface area contributed by atoms with Crippen molar-refractivity contribution in [2.24, 2.45) is 0 Å². The Kier molecular flexibility index (Phi) is 61.2. The molecule has 0 heterocycles. The molecule has 0 aliphatic rings. The number of esters is 1. The minimum absolute atomic E-state index is 0.000133. The summed E-state index contributed by atoms with van der Waals surface area (Å²) in [6.45, 7) is 4.79. The fourth-order valence-electron chi connectivity index (χ4n) is 10.3. The largest absolute Gasteiger partial charge is 0.466 e. The smallest absolute Gasteiger partial charge is 0.305 e. The van der Waals surface area contributed by atoms with Crippen molar-refractivity contribution in [1.29, 1.82) is 0 Å². The van der Waals surface area contributed by atoms with E-state index < -0.39 is 18.2 Å². The van der Waals surface area contributed by atoms with Crippen LogP contribution in [0.3, 0.4) is 0 Å². The number of rotatable bonds is 62.